The smallest absolute Gasteiger partial charge is 0.199 e. The zero-order chi connectivity index (χ0) is 7.98. The summed E-state index contributed by atoms with van der Waals surface area (Å²) in [7, 11) is 0. The van der Waals surface area contributed by atoms with Gasteiger partial charge in [-0.15, -0.1) is 12.1 Å². The molecule has 0 amide bonds. The molecule has 0 saturated heterocycles. The molecule has 0 unspecified atom stereocenters. The van der Waals surface area contributed by atoms with E-state index in [-0.39, 0.29) is 19.8 Å². The van der Waals surface area contributed by atoms with E-state index in [0.29, 0.717) is 0 Å². The third kappa shape index (κ3) is 6.14. The molecule has 0 spiro atoms. The van der Waals surface area contributed by atoms with Crippen LogP contribution in [0.4, 0.5) is 0 Å². The fourth-order valence-electron chi connectivity index (χ4n) is 0.588. The molecule has 11 heavy (non-hydrogen) atoms. The minimum atomic E-state index is 0. The van der Waals surface area contributed by atoms with Crippen molar-refractivity contribution in [2.75, 3.05) is 0 Å². The first-order valence-corrected chi connectivity index (χ1v) is 3.67. The van der Waals surface area contributed by atoms with Crippen LogP contribution in [0.5, 0.6) is 0 Å². The molecule has 1 aromatic rings. The molecule has 0 bridgehead atoms. The van der Waals surface area contributed by atoms with Crippen molar-refractivity contribution >= 4 is 0 Å². The standard InChI is InChI=1S/C8H9.C2H6.Os/c1-7-3-5-8(2)6-4-7;1-2;/h3-6H,1H2,2H3;1-2H3;/q-1;;+1. The van der Waals surface area contributed by atoms with Crippen LogP contribution in [0.25, 0.3) is 0 Å². The molecule has 1 heteroatoms. The number of rotatable bonds is 0. The fourth-order valence-corrected chi connectivity index (χ4v) is 0.588. The Morgan fingerprint density at radius 3 is 1.64 bits per heavy atom. The maximum atomic E-state index is 3.76. The SMILES string of the molecule is CC.[CH2-]c1ccc(C)cc1.[Os+]. The van der Waals surface area contributed by atoms with Crippen molar-refractivity contribution in [2.45, 2.75) is 20.8 Å². The predicted molar refractivity (Wildman–Crippen MR) is 47.0 cm³/mol. The van der Waals surface area contributed by atoms with Gasteiger partial charge in [0, 0.05) is 0 Å². The Morgan fingerprint density at radius 1 is 1.00 bits per heavy atom. The molecule has 1 aromatic carbocycles. The molecule has 0 saturated carbocycles. The molecule has 0 aromatic heterocycles. The van der Waals surface area contributed by atoms with Crippen LogP contribution in [-0.2, 0) is 19.8 Å². The van der Waals surface area contributed by atoms with Gasteiger partial charge in [0.05, 0.1) is 0 Å². The van der Waals surface area contributed by atoms with Gasteiger partial charge in [0.1, 0.15) is 0 Å². The van der Waals surface area contributed by atoms with E-state index in [4.69, 9.17) is 0 Å². The second-order valence-corrected chi connectivity index (χ2v) is 1.99. The first-order chi connectivity index (χ1) is 4.79. The average molecular weight is 325 g/mol. The van der Waals surface area contributed by atoms with Gasteiger partial charge in [0.15, 0.2) is 0 Å². The Balaban J connectivity index is 0. The maximum Gasteiger partial charge on any atom is 1.00 e. The van der Waals surface area contributed by atoms with Crippen molar-refractivity contribution in [2.24, 2.45) is 0 Å². The van der Waals surface area contributed by atoms with E-state index in [1.165, 1.54) is 5.56 Å². The van der Waals surface area contributed by atoms with Gasteiger partial charge in [-0.3, -0.25) is 0 Å². The molecule has 0 nitrogen and oxygen atoms in total. The first kappa shape index (κ1) is 13.3. The van der Waals surface area contributed by atoms with Gasteiger partial charge in [-0.05, 0) is 6.92 Å². The van der Waals surface area contributed by atoms with E-state index in [1.54, 1.807) is 0 Å². The van der Waals surface area contributed by atoms with Crippen molar-refractivity contribution in [3.8, 4) is 0 Å². The van der Waals surface area contributed by atoms with Gasteiger partial charge in [0.2, 0.25) is 0 Å². The molecular formula is C10H15Os. The van der Waals surface area contributed by atoms with Gasteiger partial charge in [0.25, 0.3) is 0 Å². The van der Waals surface area contributed by atoms with Gasteiger partial charge in [-0.2, -0.15) is 24.6 Å². The minimum Gasteiger partial charge on any atom is -0.199 e. The third-order valence-electron chi connectivity index (χ3n) is 1.12. The number of aryl methyl sites for hydroxylation is 1. The summed E-state index contributed by atoms with van der Waals surface area (Å²) in [6.07, 6.45) is 0. The minimum absolute atomic E-state index is 0. The van der Waals surface area contributed by atoms with Crippen LogP contribution in [0.2, 0.25) is 0 Å². The maximum absolute atomic E-state index is 3.76. The van der Waals surface area contributed by atoms with Crippen LogP contribution in [0.3, 0.4) is 0 Å². The summed E-state index contributed by atoms with van der Waals surface area (Å²) in [5.41, 5.74) is 2.37. The van der Waals surface area contributed by atoms with Crippen LogP contribution in [0, 0.1) is 13.8 Å². The number of hydrogen-bond donors (Lipinski definition) is 0. The molecule has 0 fully saturated rings. The summed E-state index contributed by atoms with van der Waals surface area (Å²) in [6, 6.07) is 8.13. The van der Waals surface area contributed by atoms with E-state index in [9.17, 15) is 0 Å². The molecule has 1 radical (unpaired) electrons. The largest absolute Gasteiger partial charge is 1.00 e. The summed E-state index contributed by atoms with van der Waals surface area (Å²) in [5, 5.41) is 0. The van der Waals surface area contributed by atoms with Crippen molar-refractivity contribution in [1.82, 2.24) is 0 Å². The molecule has 0 atom stereocenters. The summed E-state index contributed by atoms with van der Waals surface area (Å²) >= 11 is 0. The normalized spacial score (nSPS) is 7.18. The van der Waals surface area contributed by atoms with Crippen molar-refractivity contribution in [3.05, 3.63) is 42.3 Å². The fraction of sp³-hybridized carbons (Fsp3) is 0.300. The van der Waals surface area contributed by atoms with Crippen molar-refractivity contribution in [1.29, 1.82) is 0 Å². The van der Waals surface area contributed by atoms with Crippen LogP contribution < -0.4 is 0 Å². The zero-order valence-electron chi connectivity index (χ0n) is 7.37. The topological polar surface area (TPSA) is 0 Å². The van der Waals surface area contributed by atoms with Crippen LogP contribution in [-0.4, -0.2) is 0 Å². The molecule has 0 aliphatic rings. The number of hydrogen-bond acceptors (Lipinski definition) is 0. The summed E-state index contributed by atoms with van der Waals surface area (Å²) in [4.78, 5) is 0. The van der Waals surface area contributed by atoms with Crippen molar-refractivity contribution in [3.63, 3.8) is 0 Å². The van der Waals surface area contributed by atoms with Crippen LogP contribution >= 0.6 is 0 Å². The van der Waals surface area contributed by atoms with Crippen molar-refractivity contribution < 1.29 is 19.8 Å². The van der Waals surface area contributed by atoms with Gasteiger partial charge in [-0.25, -0.2) is 0 Å². The van der Waals surface area contributed by atoms with Crippen LogP contribution in [0.15, 0.2) is 24.3 Å². The van der Waals surface area contributed by atoms with E-state index in [2.05, 4.69) is 26.0 Å². The van der Waals surface area contributed by atoms with E-state index in [0.717, 1.165) is 5.56 Å². The summed E-state index contributed by atoms with van der Waals surface area (Å²) in [6.45, 7) is 9.83. The van der Waals surface area contributed by atoms with Gasteiger partial charge < -0.3 is 0 Å². The molecule has 0 aliphatic heterocycles. The molecular weight excluding hydrogens is 310 g/mol. The summed E-state index contributed by atoms with van der Waals surface area (Å²) < 4.78 is 0. The molecule has 0 N–H and O–H groups in total. The molecule has 1 rings (SSSR count). The van der Waals surface area contributed by atoms with Gasteiger partial charge >= 0.3 is 19.8 Å². The van der Waals surface area contributed by atoms with Gasteiger partial charge in [-0.1, -0.05) is 19.4 Å². The average Bonchev–Trinajstić information content (AvgIpc) is 2.00. The Kier molecular flexibility index (Phi) is 9.48. The predicted octanol–water partition coefficient (Wildman–Crippen LogP) is 3.20. The summed E-state index contributed by atoms with van der Waals surface area (Å²) in [5.74, 6) is 0. The van der Waals surface area contributed by atoms with E-state index < -0.39 is 0 Å². The Morgan fingerprint density at radius 2 is 1.36 bits per heavy atom. The molecule has 0 aliphatic carbocycles. The third-order valence-corrected chi connectivity index (χ3v) is 1.12. The first-order valence-electron chi connectivity index (χ1n) is 3.67. The quantitative estimate of drug-likeness (QED) is 0.643. The second-order valence-electron chi connectivity index (χ2n) is 1.99. The van der Waals surface area contributed by atoms with Crippen LogP contribution in [0.1, 0.15) is 25.0 Å². The Bertz CT molecular complexity index is 144. The Labute approximate surface area is 83.1 Å². The Hall–Kier alpha value is -0.274. The number of benzene rings is 1. The van der Waals surface area contributed by atoms with E-state index in [1.807, 2.05) is 26.0 Å². The molecule has 63 valence electrons. The second kappa shape index (κ2) is 7.83. The monoisotopic (exact) mass is 327 g/mol. The van der Waals surface area contributed by atoms with E-state index >= 15 is 0 Å². The molecule has 0 heterocycles. The zero-order valence-corrected chi connectivity index (χ0v) is 9.91.